The second kappa shape index (κ2) is 5.21. The van der Waals surface area contributed by atoms with Gasteiger partial charge < -0.3 is 10.5 Å². The van der Waals surface area contributed by atoms with Crippen LogP contribution in [0.4, 0.5) is 0 Å². The molecule has 108 valence electrons. The molecule has 0 aromatic rings. The average Bonchev–Trinajstić information content (AvgIpc) is 2.63. The molecule has 1 heterocycles. The van der Waals surface area contributed by atoms with E-state index in [1.165, 1.54) is 4.90 Å². The number of nitrogens with two attached hydrogens (primary N) is 1. The minimum atomic E-state index is -0.511. The largest absolute Gasteiger partial charge is 0.376 e. The van der Waals surface area contributed by atoms with Gasteiger partial charge in [0.2, 0.25) is 11.8 Å². The van der Waals surface area contributed by atoms with Gasteiger partial charge in [0.1, 0.15) is 0 Å². The molecule has 2 N–H and O–H groups in total. The lowest BCUT2D eigenvalue weighted by atomic mass is 9.79. The number of amides is 2. The number of imide groups is 1. The molecule has 3 unspecified atom stereocenters. The zero-order valence-electron chi connectivity index (χ0n) is 12.0. The van der Waals surface area contributed by atoms with Gasteiger partial charge in [-0.25, -0.2) is 0 Å². The van der Waals surface area contributed by atoms with Crippen LogP contribution in [0.15, 0.2) is 0 Å². The Morgan fingerprint density at radius 3 is 2.37 bits per heavy atom. The van der Waals surface area contributed by atoms with E-state index in [-0.39, 0.29) is 30.0 Å². The average molecular weight is 268 g/mol. The van der Waals surface area contributed by atoms with Crippen molar-refractivity contribution in [1.29, 1.82) is 0 Å². The molecule has 1 aliphatic heterocycles. The van der Waals surface area contributed by atoms with Gasteiger partial charge in [-0.05, 0) is 26.2 Å². The topological polar surface area (TPSA) is 72.6 Å². The van der Waals surface area contributed by atoms with Crippen LogP contribution in [0.2, 0.25) is 0 Å². The van der Waals surface area contributed by atoms with E-state index in [9.17, 15) is 9.59 Å². The van der Waals surface area contributed by atoms with Gasteiger partial charge in [-0.2, -0.15) is 0 Å². The summed E-state index contributed by atoms with van der Waals surface area (Å²) in [6.45, 7) is 6.44. The molecule has 0 aromatic carbocycles. The quantitative estimate of drug-likeness (QED) is 0.757. The van der Waals surface area contributed by atoms with Crippen LogP contribution >= 0.6 is 0 Å². The number of carbonyl (C=O) groups excluding carboxylic acids is 2. The molecular weight excluding hydrogens is 244 g/mol. The Bertz CT molecular complexity index is 377. The lowest BCUT2D eigenvalue weighted by molar-refractivity contribution is -0.156. The van der Waals surface area contributed by atoms with E-state index in [1.54, 1.807) is 0 Å². The SMILES string of the molecule is CCOC1CC(N)C1N1C(=O)CC(CC)(CC)C1=O. The molecule has 5 heteroatoms. The van der Waals surface area contributed by atoms with Crippen molar-refractivity contribution in [1.82, 2.24) is 4.90 Å². The molecule has 0 radical (unpaired) electrons. The number of ether oxygens (including phenoxy) is 1. The number of likely N-dealkylation sites (tertiary alicyclic amines) is 1. The number of nitrogens with zero attached hydrogens (tertiary/aromatic N) is 1. The van der Waals surface area contributed by atoms with Gasteiger partial charge in [-0.3, -0.25) is 14.5 Å². The Balaban J connectivity index is 2.20. The summed E-state index contributed by atoms with van der Waals surface area (Å²) in [5, 5.41) is 0. The first-order chi connectivity index (χ1) is 9.00. The fourth-order valence-corrected chi connectivity index (χ4v) is 3.29. The van der Waals surface area contributed by atoms with E-state index in [0.29, 0.717) is 25.9 Å². The zero-order valence-corrected chi connectivity index (χ0v) is 12.0. The first kappa shape index (κ1) is 14.5. The molecular formula is C14H24N2O3. The maximum atomic E-state index is 12.6. The lowest BCUT2D eigenvalue weighted by Gasteiger charge is -2.46. The second-order valence-electron chi connectivity index (χ2n) is 5.62. The molecule has 2 amide bonds. The molecule has 19 heavy (non-hydrogen) atoms. The predicted molar refractivity (Wildman–Crippen MR) is 71.3 cm³/mol. The maximum absolute atomic E-state index is 12.6. The zero-order chi connectivity index (χ0) is 14.2. The highest BCUT2D eigenvalue weighted by molar-refractivity contribution is 6.06. The molecule has 1 aliphatic carbocycles. The molecule has 0 aromatic heterocycles. The Morgan fingerprint density at radius 1 is 1.32 bits per heavy atom. The third-order valence-electron chi connectivity index (χ3n) is 4.79. The standard InChI is InChI=1S/C14H24N2O3/c1-4-14(5-2)8-11(17)16(13(14)18)12-9(15)7-10(12)19-6-3/h9-10,12H,4-8,15H2,1-3H3. The summed E-state index contributed by atoms with van der Waals surface area (Å²) in [6, 6.07) is -0.408. The van der Waals surface area contributed by atoms with E-state index in [1.807, 2.05) is 20.8 Å². The van der Waals surface area contributed by atoms with Crippen molar-refractivity contribution < 1.29 is 14.3 Å². The summed E-state index contributed by atoms with van der Waals surface area (Å²) >= 11 is 0. The molecule has 2 rings (SSSR count). The Morgan fingerprint density at radius 2 is 1.95 bits per heavy atom. The van der Waals surface area contributed by atoms with Crippen LogP contribution in [0.5, 0.6) is 0 Å². The smallest absolute Gasteiger partial charge is 0.236 e. The predicted octanol–water partition coefficient (Wildman–Crippen LogP) is 1.06. The van der Waals surface area contributed by atoms with Gasteiger partial charge in [0.25, 0.3) is 0 Å². The van der Waals surface area contributed by atoms with Crippen LogP contribution in [0, 0.1) is 5.41 Å². The summed E-state index contributed by atoms with van der Waals surface area (Å²) in [7, 11) is 0. The van der Waals surface area contributed by atoms with Crippen molar-refractivity contribution in [3.05, 3.63) is 0 Å². The first-order valence-corrected chi connectivity index (χ1v) is 7.24. The van der Waals surface area contributed by atoms with Gasteiger partial charge in [0.15, 0.2) is 0 Å². The molecule has 1 saturated heterocycles. The third kappa shape index (κ3) is 2.09. The summed E-state index contributed by atoms with van der Waals surface area (Å²) < 4.78 is 5.58. The highest BCUT2D eigenvalue weighted by Gasteiger charge is 2.56. The van der Waals surface area contributed by atoms with Crippen molar-refractivity contribution in [2.75, 3.05) is 6.61 Å². The summed E-state index contributed by atoms with van der Waals surface area (Å²) in [5.74, 6) is -0.133. The van der Waals surface area contributed by atoms with Crippen molar-refractivity contribution in [2.24, 2.45) is 11.1 Å². The Hall–Kier alpha value is -0.940. The van der Waals surface area contributed by atoms with Gasteiger partial charge >= 0.3 is 0 Å². The molecule has 0 spiro atoms. The number of rotatable bonds is 5. The first-order valence-electron chi connectivity index (χ1n) is 7.24. The summed E-state index contributed by atoms with van der Waals surface area (Å²) in [5.41, 5.74) is 5.48. The van der Waals surface area contributed by atoms with Gasteiger partial charge in [-0.1, -0.05) is 13.8 Å². The minimum Gasteiger partial charge on any atom is -0.376 e. The van der Waals surface area contributed by atoms with Gasteiger partial charge in [0, 0.05) is 19.1 Å². The summed E-state index contributed by atoms with van der Waals surface area (Å²) in [4.78, 5) is 26.3. The third-order valence-corrected chi connectivity index (χ3v) is 4.79. The maximum Gasteiger partial charge on any atom is 0.236 e. The van der Waals surface area contributed by atoms with E-state index in [0.717, 1.165) is 6.42 Å². The van der Waals surface area contributed by atoms with Crippen LogP contribution in [0.3, 0.4) is 0 Å². The lowest BCUT2D eigenvalue weighted by Crippen LogP contribution is -2.66. The molecule has 2 fully saturated rings. The monoisotopic (exact) mass is 268 g/mol. The van der Waals surface area contributed by atoms with Crippen molar-refractivity contribution in [3.8, 4) is 0 Å². The molecule has 0 bridgehead atoms. The summed E-state index contributed by atoms with van der Waals surface area (Å²) in [6.07, 6.45) is 2.36. The molecule has 3 atom stereocenters. The fraction of sp³-hybridized carbons (Fsp3) is 0.857. The second-order valence-corrected chi connectivity index (χ2v) is 5.62. The van der Waals surface area contributed by atoms with E-state index >= 15 is 0 Å². The van der Waals surface area contributed by atoms with Gasteiger partial charge in [-0.15, -0.1) is 0 Å². The van der Waals surface area contributed by atoms with Crippen LogP contribution in [-0.4, -0.2) is 41.5 Å². The van der Waals surface area contributed by atoms with E-state index in [2.05, 4.69) is 0 Å². The normalized spacial score (nSPS) is 33.7. The molecule has 1 saturated carbocycles. The van der Waals surface area contributed by atoms with E-state index in [4.69, 9.17) is 10.5 Å². The van der Waals surface area contributed by atoms with Crippen LogP contribution in [0.25, 0.3) is 0 Å². The Kier molecular flexibility index (Phi) is 3.97. The molecule has 5 nitrogen and oxygen atoms in total. The highest BCUT2D eigenvalue weighted by Crippen LogP contribution is 2.43. The fourth-order valence-electron chi connectivity index (χ4n) is 3.29. The number of hydrogen-bond donors (Lipinski definition) is 1. The molecule has 2 aliphatic rings. The van der Waals surface area contributed by atoms with E-state index < -0.39 is 5.41 Å². The van der Waals surface area contributed by atoms with Crippen LogP contribution in [-0.2, 0) is 14.3 Å². The van der Waals surface area contributed by atoms with Gasteiger partial charge in [0.05, 0.1) is 17.6 Å². The minimum absolute atomic E-state index is 0.0487. The van der Waals surface area contributed by atoms with Crippen molar-refractivity contribution in [3.63, 3.8) is 0 Å². The van der Waals surface area contributed by atoms with Crippen LogP contribution in [0.1, 0.15) is 46.5 Å². The van der Waals surface area contributed by atoms with Crippen LogP contribution < -0.4 is 5.73 Å². The van der Waals surface area contributed by atoms with Crippen molar-refractivity contribution >= 4 is 11.8 Å². The number of carbonyl (C=O) groups is 2. The highest BCUT2D eigenvalue weighted by atomic mass is 16.5. The van der Waals surface area contributed by atoms with Crippen molar-refractivity contribution in [2.45, 2.75) is 64.6 Å². The Labute approximate surface area is 114 Å². The number of hydrogen-bond acceptors (Lipinski definition) is 4.